The van der Waals surface area contributed by atoms with Crippen molar-refractivity contribution >= 4 is 22.9 Å². The molecule has 10 heteroatoms. The number of nitrogens with two attached hydrogens (primary N) is 1. The monoisotopic (exact) mass is 475 g/mol. The van der Waals surface area contributed by atoms with Crippen LogP contribution in [-0.4, -0.2) is 59.8 Å². The summed E-state index contributed by atoms with van der Waals surface area (Å²) in [5.41, 5.74) is 9.56. The van der Waals surface area contributed by atoms with E-state index in [4.69, 9.17) is 20.2 Å². The zero-order chi connectivity index (χ0) is 24.4. The van der Waals surface area contributed by atoms with Gasteiger partial charge in [-0.15, -0.1) is 0 Å². The van der Waals surface area contributed by atoms with Crippen molar-refractivity contribution in [3.63, 3.8) is 0 Å². The summed E-state index contributed by atoms with van der Waals surface area (Å²) in [6.07, 6.45) is 2.37. The second-order valence-electron chi connectivity index (χ2n) is 8.28. The molecule has 0 bridgehead atoms. The molecular formula is C25H26FN7O2. The van der Waals surface area contributed by atoms with E-state index >= 15 is 0 Å². The minimum absolute atomic E-state index is 0.0678. The molecule has 5 rings (SSSR count). The van der Waals surface area contributed by atoms with Crippen molar-refractivity contribution in [2.24, 2.45) is 0 Å². The molecule has 0 radical (unpaired) electrons. The molecule has 3 N–H and O–H groups in total. The van der Waals surface area contributed by atoms with Crippen molar-refractivity contribution in [2.75, 3.05) is 44.5 Å². The van der Waals surface area contributed by atoms with Gasteiger partial charge in [-0.05, 0) is 42.3 Å². The predicted octanol–water partition coefficient (Wildman–Crippen LogP) is 2.85. The highest BCUT2D eigenvalue weighted by Gasteiger charge is 2.27. The lowest BCUT2D eigenvalue weighted by Gasteiger charge is -2.37. The lowest BCUT2D eigenvalue weighted by atomic mass is 10.0. The lowest BCUT2D eigenvalue weighted by molar-refractivity contribution is 0.355. The smallest absolute Gasteiger partial charge is 0.224 e. The third-order valence-electron chi connectivity index (χ3n) is 6.09. The van der Waals surface area contributed by atoms with Crippen LogP contribution in [0.25, 0.3) is 22.4 Å². The van der Waals surface area contributed by atoms with Crippen molar-refractivity contribution < 1.29 is 13.9 Å². The Balaban J connectivity index is 1.56. The Morgan fingerprint density at radius 1 is 1.06 bits per heavy atom. The average Bonchev–Trinajstić information content (AvgIpc) is 2.89. The molecule has 3 heterocycles. The van der Waals surface area contributed by atoms with Crippen LogP contribution >= 0.6 is 0 Å². The third kappa shape index (κ3) is 4.65. The van der Waals surface area contributed by atoms with E-state index in [0.29, 0.717) is 47.1 Å². The summed E-state index contributed by atoms with van der Waals surface area (Å²) in [6.45, 7) is 2.24. The number of nitrogens with one attached hydrogen (secondary N) is 1. The van der Waals surface area contributed by atoms with E-state index in [1.165, 1.54) is 12.1 Å². The van der Waals surface area contributed by atoms with Crippen LogP contribution in [0.2, 0.25) is 0 Å². The first-order valence-corrected chi connectivity index (χ1v) is 11.3. The molecule has 2 aromatic heterocycles. The number of methoxy groups -OCH3 is 2. The van der Waals surface area contributed by atoms with Gasteiger partial charge >= 0.3 is 0 Å². The van der Waals surface area contributed by atoms with E-state index in [2.05, 4.69) is 25.2 Å². The molecule has 35 heavy (non-hydrogen) atoms. The van der Waals surface area contributed by atoms with Gasteiger partial charge < -0.3 is 25.4 Å². The number of anilines is 2. The van der Waals surface area contributed by atoms with Crippen LogP contribution in [0.4, 0.5) is 16.2 Å². The topological polar surface area (TPSA) is 111 Å². The van der Waals surface area contributed by atoms with Crippen molar-refractivity contribution in [1.29, 1.82) is 0 Å². The zero-order valence-corrected chi connectivity index (χ0v) is 19.5. The van der Waals surface area contributed by atoms with Crippen LogP contribution in [0.1, 0.15) is 5.56 Å². The highest BCUT2D eigenvalue weighted by atomic mass is 19.1. The third-order valence-corrected chi connectivity index (χ3v) is 6.09. The molecule has 1 saturated heterocycles. The summed E-state index contributed by atoms with van der Waals surface area (Å²) >= 11 is 0. The molecule has 0 saturated carbocycles. The summed E-state index contributed by atoms with van der Waals surface area (Å²) in [7, 11) is 3.19. The number of hydrogen-bond donors (Lipinski definition) is 2. The van der Waals surface area contributed by atoms with E-state index < -0.39 is 0 Å². The standard InChI is InChI=1S/C25H26FN7O2/c1-34-20-8-5-16(12-21(20)35-2)19-14-29-23-22(30-19)24(32-25(27)31-23)33-10-9-28-13-18(33)11-15-3-6-17(26)7-4-15/h3-8,12,14,18,28H,9-11,13H2,1-2H3,(H2,27,29,31,32). The van der Waals surface area contributed by atoms with Crippen LogP contribution in [0.3, 0.4) is 0 Å². The molecule has 4 aromatic rings. The SMILES string of the molecule is COc1ccc(-c2cnc3nc(N)nc(N4CCNCC4Cc4ccc(F)cc4)c3n2)cc1OC. The quantitative estimate of drug-likeness (QED) is 0.435. The van der Waals surface area contributed by atoms with Crippen LogP contribution in [0, 0.1) is 5.82 Å². The Bertz CT molecular complexity index is 1350. The van der Waals surface area contributed by atoms with Crippen LogP contribution in [-0.2, 0) is 6.42 Å². The molecule has 2 aromatic carbocycles. The number of rotatable bonds is 6. The van der Waals surface area contributed by atoms with Crippen molar-refractivity contribution in [2.45, 2.75) is 12.5 Å². The van der Waals surface area contributed by atoms with Gasteiger partial charge in [-0.1, -0.05) is 12.1 Å². The first-order chi connectivity index (χ1) is 17.1. The number of piperazine rings is 1. The number of benzene rings is 2. The van der Waals surface area contributed by atoms with E-state index in [0.717, 1.165) is 24.2 Å². The normalized spacial score (nSPS) is 15.9. The second-order valence-corrected chi connectivity index (χ2v) is 8.28. The van der Waals surface area contributed by atoms with Crippen molar-refractivity contribution in [3.8, 4) is 22.8 Å². The fourth-order valence-electron chi connectivity index (χ4n) is 4.36. The molecule has 1 aliphatic rings. The number of halogens is 1. The summed E-state index contributed by atoms with van der Waals surface area (Å²) < 4.78 is 24.2. The predicted molar refractivity (Wildman–Crippen MR) is 132 cm³/mol. The van der Waals surface area contributed by atoms with Gasteiger partial charge in [-0.25, -0.2) is 14.4 Å². The molecule has 0 amide bonds. The van der Waals surface area contributed by atoms with E-state index in [1.807, 2.05) is 30.3 Å². The van der Waals surface area contributed by atoms with Crippen LogP contribution in [0.5, 0.6) is 11.5 Å². The van der Waals surface area contributed by atoms with Crippen molar-refractivity contribution in [1.82, 2.24) is 25.3 Å². The first kappa shape index (κ1) is 22.7. The fraction of sp³-hybridized carbons (Fsp3) is 0.280. The zero-order valence-electron chi connectivity index (χ0n) is 19.5. The van der Waals surface area contributed by atoms with E-state index in [9.17, 15) is 4.39 Å². The van der Waals surface area contributed by atoms with Gasteiger partial charge in [0, 0.05) is 31.2 Å². The summed E-state index contributed by atoms with van der Waals surface area (Å²) in [6, 6.07) is 12.2. The van der Waals surface area contributed by atoms with E-state index in [-0.39, 0.29) is 17.8 Å². The first-order valence-electron chi connectivity index (χ1n) is 11.3. The molecule has 0 spiro atoms. The molecule has 1 atom stereocenters. The Morgan fingerprint density at radius 2 is 1.86 bits per heavy atom. The van der Waals surface area contributed by atoms with Gasteiger partial charge in [0.2, 0.25) is 5.95 Å². The van der Waals surface area contributed by atoms with Gasteiger partial charge in [-0.3, -0.25) is 0 Å². The van der Waals surface area contributed by atoms with Crippen molar-refractivity contribution in [3.05, 3.63) is 60.0 Å². The Morgan fingerprint density at radius 3 is 2.63 bits per heavy atom. The Hall–Kier alpha value is -4.05. The highest BCUT2D eigenvalue weighted by Crippen LogP contribution is 2.33. The van der Waals surface area contributed by atoms with Gasteiger partial charge in [0.1, 0.15) is 5.82 Å². The van der Waals surface area contributed by atoms with Gasteiger partial charge in [0.05, 0.1) is 26.1 Å². The van der Waals surface area contributed by atoms with Gasteiger partial charge in [0.15, 0.2) is 28.5 Å². The number of fused-ring (bicyclic) bond motifs is 1. The van der Waals surface area contributed by atoms with Crippen LogP contribution in [0.15, 0.2) is 48.7 Å². The molecular weight excluding hydrogens is 449 g/mol. The van der Waals surface area contributed by atoms with E-state index in [1.54, 1.807) is 20.4 Å². The lowest BCUT2D eigenvalue weighted by Crippen LogP contribution is -2.52. The second kappa shape index (κ2) is 9.67. The number of nitrogens with zero attached hydrogens (tertiary/aromatic N) is 5. The summed E-state index contributed by atoms with van der Waals surface area (Å²) in [5.74, 6) is 1.75. The minimum Gasteiger partial charge on any atom is -0.493 e. The number of ether oxygens (including phenoxy) is 2. The maximum absolute atomic E-state index is 13.4. The molecule has 180 valence electrons. The summed E-state index contributed by atoms with van der Waals surface area (Å²) in [4.78, 5) is 20.5. The molecule has 9 nitrogen and oxygen atoms in total. The maximum atomic E-state index is 13.4. The van der Waals surface area contributed by atoms with Gasteiger partial charge in [-0.2, -0.15) is 9.97 Å². The Labute approximate surface area is 202 Å². The molecule has 1 fully saturated rings. The minimum atomic E-state index is -0.250. The average molecular weight is 476 g/mol. The fourth-order valence-corrected chi connectivity index (χ4v) is 4.36. The highest BCUT2D eigenvalue weighted by molar-refractivity contribution is 5.86. The largest absolute Gasteiger partial charge is 0.493 e. The van der Waals surface area contributed by atoms with Gasteiger partial charge in [0.25, 0.3) is 0 Å². The summed E-state index contributed by atoms with van der Waals surface area (Å²) in [5, 5.41) is 3.44. The number of aromatic nitrogens is 4. The Kier molecular flexibility index (Phi) is 6.28. The molecule has 0 aliphatic carbocycles. The van der Waals surface area contributed by atoms with Crippen LogP contribution < -0.4 is 25.4 Å². The molecule has 1 aliphatic heterocycles. The number of hydrogen-bond acceptors (Lipinski definition) is 9. The maximum Gasteiger partial charge on any atom is 0.224 e. The number of nitrogen functional groups attached to an aromatic ring is 1. The molecule has 1 unspecified atom stereocenters.